The van der Waals surface area contributed by atoms with Crippen LogP contribution in [0.25, 0.3) is 0 Å². The predicted molar refractivity (Wildman–Crippen MR) is 67.9 cm³/mol. The highest BCUT2D eigenvalue weighted by Gasteiger charge is 2.08. The molecule has 0 saturated carbocycles. The maximum absolute atomic E-state index is 11.4. The van der Waals surface area contributed by atoms with Crippen LogP contribution in [0, 0.1) is 0 Å². The number of carbonyl (C=O) groups excluding carboxylic acids is 1. The quantitative estimate of drug-likeness (QED) is 0.804. The second kappa shape index (κ2) is 6.08. The van der Waals surface area contributed by atoms with Gasteiger partial charge in [-0.05, 0) is 25.1 Å². The molecule has 2 amide bonds. The molecule has 0 fully saturated rings. The van der Waals surface area contributed by atoms with E-state index in [2.05, 4.69) is 26.6 Å². The van der Waals surface area contributed by atoms with Crippen LogP contribution in [0.2, 0.25) is 5.02 Å². The van der Waals surface area contributed by atoms with E-state index in [0.717, 1.165) is 4.47 Å². The van der Waals surface area contributed by atoms with E-state index in [-0.39, 0.29) is 12.6 Å². The maximum atomic E-state index is 11.4. The standard InChI is InChI=1S/C10H12BrClN2O2/c1-6(5-15)13-10(16)14-9-3-2-7(11)4-8(9)12/h2-4,6,15H,5H2,1H3,(H2,13,14,16)/t6-/m1/s1. The summed E-state index contributed by atoms with van der Waals surface area (Å²) in [5.74, 6) is 0. The largest absolute Gasteiger partial charge is 0.394 e. The summed E-state index contributed by atoms with van der Waals surface area (Å²) < 4.78 is 0.840. The molecule has 0 aliphatic carbocycles. The average molecular weight is 308 g/mol. The normalized spacial score (nSPS) is 12.0. The van der Waals surface area contributed by atoms with Gasteiger partial charge in [-0.1, -0.05) is 27.5 Å². The van der Waals surface area contributed by atoms with Crippen molar-refractivity contribution in [2.75, 3.05) is 11.9 Å². The van der Waals surface area contributed by atoms with Crippen molar-refractivity contribution in [3.8, 4) is 0 Å². The van der Waals surface area contributed by atoms with E-state index >= 15 is 0 Å². The number of aliphatic hydroxyl groups is 1. The number of carbonyl (C=O) groups is 1. The number of halogens is 2. The summed E-state index contributed by atoms with van der Waals surface area (Å²) in [6.07, 6.45) is 0. The summed E-state index contributed by atoms with van der Waals surface area (Å²) in [5, 5.41) is 14.3. The molecular weight excluding hydrogens is 295 g/mol. The molecule has 1 aromatic rings. The zero-order valence-corrected chi connectivity index (χ0v) is 11.0. The topological polar surface area (TPSA) is 61.4 Å². The minimum absolute atomic E-state index is 0.110. The van der Waals surface area contributed by atoms with Crippen LogP contribution in [-0.4, -0.2) is 23.8 Å². The van der Waals surface area contributed by atoms with Crippen molar-refractivity contribution >= 4 is 39.2 Å². The highest BCUT2D eigenvalue weighted by molar-refractivity contribution is 9.10. The monoisotopic (exact) mass is 306 g/mol. The Bertz CT molecular complexity index is 387. The predicted octanol–water partition coefficient (Wildman–Crippen LogP) is 2.60. The number of anilines is 1. The molecular formula is C10H12BrClN2O2. The van der Waals surface area contributed by atoms with E-state index in [4.69, 9.17) is 16.7 Å². The Morgan fingerprint density at radius 2 is 2.31 bits per heavy atom. The van der Waals surface area contributed by atoms with Crippen molar-refractivity contribution in [3.63, 3.8) is 0 Å². The summed E-state index contributed by atoms with van der Waals surface area (Å²) >= 11 is 9.19. The molecule has 88 valence electrons. The van der Waals surface area contributed by atoms with Crippen LogP contribution in [-0.2, 0) is 0 Å². The summed E-state index contributed by atoms with van der Waals surface area (Å²) in [4.78, 5) is 11.4. The number of nitrogens with one attached hydrogen (secondary N) is 2. The Morgan fingerprint density at radius 3 is 2.88 bits per heavy atom. The van der Waals surface area contributed by atoms with E-state index < -0.39 is 6.03 Å². The molecule has 0 saturated heterocycles. The van der Waals surface area contributed by atoms with Gasteiger partial charge in [0.05, 0.1) is 23.4 Å². The summed E-state index contributed by atoms with van der Waals surface area (Å²) in [6.45, 7) is 1.59. The number of hydrogen-bond acceptors (Lipinski definition) is 2. The summed E-state index contributed by atoms with van der Waals surface area (Å²) in [6, 6.07) is 4.46. The third kappa shape index (κ3) is 4.00. The van der Waals surface area contributed by atoms with Gasteiger partial charge in [-0.25, -0.2) is 4.79 Å². The zero-order valence-electron chi connectivity index (χ0n) is 8.63. The van der Waals surface area contributed by atoms with Crippen LogP contribution >= 0.6 is 27.5 Å². The van der Waals surface area contributed by atoms with Crippen LogP contribution in [0.1, 0.15) is 6.92 Å². The van der Waals surface area contributed by atoms with Gasteiger partial charge in [0.25, 0.3) is 0 Å². The first-order valence-electron chi connectivity index (χ1n) is 4.66. The van der Waals surface area contributed by atoms with Gasteiger partial charge in [-0.15, -0.1) is 0 Å². The second-order valence-corrected chi connectivity index (χ2v) is 4.63. The van der Waals surface area contributed by atoms with Crippen LogP contribution in [0.15, 0.2) is 22.7 Å². The van der Waals surface area contributed by atoms with E-state index in [0.29, 0.717) is 10.7 Å². The van der Waals surface area contributed by atoms with E-state index in [1.165, 1.54) is 0 Å². The van der Waals surface area contributed by atoms with Crippen LogP contribution in [0.5, 0.6) is 0 Å². The maximum Gasteiger partial charge on any atom is 0.319 e. The first kappa shape index (κ1) is 13.3. The SMILES string of the molecule is C[C@H](CO)NC(=O)Nc1ccc(Br)cc1Cl. The molecule has 0 bridgehead atoms. The number of rotatable bonds is 3. The lowest BCUT2D eigenvalue weighted by atomic mass is 10.3. The van der Waals surface area contributed by atoms with Gasteiger partial charge in [0.1, 0.15) is 0 Å². The Kier molecular flexibility index (Phi) is 5.05. The fourth-order valence-electron chi connectivity index (χ4n) is 1.02. The lowest BCUT2D eigenvalue weighted by Gasteiger charge is -2.12. The minimum Gasteiger partial charge on any atom is -0.394 e. The Morgan fingerprint density at radius 1 is 1.62 bits per heavy atom. The van der Waals surface area contributed by atoms with Gasteiger partial charge >= 0.3 is 6.03 Å². The molecule has 1 rings (SSSR count). The smallest absolute Gasteiger partial charge is 0.319 e. The minimum atomic E-state index is -0.397. The molecule has 0 aliphatic rings. The number of amides is 2. The van der Waals surface area contributed by atoms with E-state index in [1.54, 1.807) is 25.1 Å². The fraction of sp³-hybridized carbons (Fsp3) is 0.300. The van der Waals surface area contributed by atoms with Crippen molar-refractivity contribution < 1.29 is 9.90 Å². The lowest BCUT2D eigenvalue weighted by molar-refractivity contribution is 0.229. The van der Waals surface area contributed by atoms with Gasteiger partial charge in [0.15, 0.2) is 0 Å². The van der Waals surface area contributed by atoms with Crippen LogP contribution in [0.4, 0.5) is 10.5 Å². The molecule has 1 aromatic carbocycles. The first-order chi connectivity index (χ1) is 7.52. The van der Waals surface area contributed by atoms with E-state index in [1.807, 2.05) is 0 Å². The molecule has 4 nitrogen and oxygen atoms in total. The Hall–Kier alpha value is -0.780. The van der Waals surface area contributed by atoms with Crippen LogP contribution < -0.4 is 10.6 Å². The molecule has 0 radical (unpaired) electrons. The highest BCUT2D eigenvalue weighted by Crippen LogP contribution is 2.25. The van der Waals surface area contributed by atoms with Gasteiger partial charge in [0, 0.05) is 4.47 Å². The molecule has 0 spiro atoms. The number of hydrogen-bond donors (Lipinski definition) is 3. The molecule has 0 heterocycles. The average Bonchev–Trinajstić information content (AvgIpc) is 2.22. The zero-order chi connectivity index (χ0) is 12.1. The van der Waals surface area contributed by atoms with Crippen LogP contribution in [0.3, 0.4) is 0 Å². The summed E-state index contributed by atoms with van der Waals surface area (Å²) in [7, 11) is 0. The molecule has 3 N–H and O–H groups in total. The Labute approximate surface area is 107 Å². The first-order valence-corrected chi connectivity index (χ1v) is 5.83. The molecule has 0 aromatic heterocycles. The van der Waals surface area contributed by atoms with Gasteiger partial charge in [-0.2, -0.15) is 0 Å². The van der Waals surface area contributed by atoms with Crippen molar-refractivity contribution in [1.29, 1.82) is 0 Å². The number of urea groups is 1. The molecule has 1 atom stereocenters. The van der Waals surface area contributed by atoms with Gasteiger partial charge in [0.2, 0.25) is 0 Å². The fourth-order valence-corrected chi connectivity index (χ4v) is 1.74. The van der Waals surface area contributed by atoms with Crippen molar-refractivity contribution in [2.45, 2.75) is 13.0 Å². The summed E-state index contributed by atoms with van der Waals surface area (Å²) in [5.41, 5.74) is 0.521. The van der Waals surface area contributed by atoms with Crippen molar-refractivity contribution in [1.82, 2.24) is 5.32 Å². The number of benzene rings is 1. The highest BCUT2D eigenvalue weighted by atomic mass is 79.9. The van der Waals surface area contributed by atoms with Crippen molar-refractivity contribution in [2.24, 2.45) is 0 Å². The van der Waals surface area contributed by atoms with Gasteiger partial charge < -0.3 is 15.7 Å². The molecule has 0 aliphatic heterocycles. The third-order valence-electron chi connectivity index (χ3n) is 1.83. The Balaban J connectivity index is 2.63. The van der Waals surface area contributed by atoms with Gasteiger partial charge in [-0.3, -0.25) is 0 Å². The lowest BCUT2D eigenvalue weighted by Crippen LogP contribution is -2.38. The second-order valence-electron chi connectivity index (χ2n) is 3.31. The van der Waals surface area contributed by atoms with E-state index in [9.17, 15) is 4.79 Å². The molecule has 0 unspecified atom stereocenters. The molecule has 16 heavy (non-hydrogen) atoms. The van der Waals surface area contributed by atoms with Crippen molar-refractivity contribution in [3.05, 3.63) is 27.7 Å². The number of aliphatic hydroxyl groups excluding tert-OH is 1. The third-order valence-corrected chi connectivity index (χ3v) is 2.64. The molecule has 6 heteroatoms.